The van der Waals surface area contributed by atoms with Crippen LogP contribution >= 0.6 is 0 Å². The van der Waals surface area contributed by atoms with Gasteiger partial charge in [-0.25, -0.2) is 13.1 Å². The molecule has 7 rings (SSSR count). The Hall–Kier alpha value is -5.32. The SMILES string of the molecule is COc1cc(-c2cn(C)c(=O)c3cnccc23)cc(OC)c1CN1CC(S(=O)(=O)NCCCCCCNc2ccc3c(c2)C(=O)N(C2CCCNC2=O)C3=O)C1. The first-order valence-corrected chi connectivity index (χ1v) is 20.5. The fourth-order valence-corrected chi connectivity index (χ4v) is 9.21. The highest BCUT2D eigenvalue weighted by Crippen LogP contribution is 2.38. The fraction of sp³-hybridized carbons (Fsp3) is 0.425. The average molecular weight is 786 g/mol. The summed E-state index contributed by atoms with van der Waals surface area (Å²) in [5.41, 5.74) is 3.67. The molecule has 0 bridgehead atoms. The number of imide groups is 1. The van der Waals surface area contributed by atoms with Crippen molar-refractivity contribution >= 4 is 44.2 Å². The van der Waals surface area contributed by atoms with Gasteiger partial charge in [-0.3, -0.25) is 34.0 Å². The van der Waals surface area contributed by atoms with E-state index < -0.39 is 33.1 Å². The minimum Gasteiger partial charge on any atom is -0.496 e. The van der Waals surface area contributed by atoms with E-state index in [1.54, 1.807) is 58.1 Å². The number of aryl methyl sites for hydroxylation is 1. The lowest BCUT2D eigenvalue weighted by molar-refractivity contribution is -0.126. The third-order valence-corrected chi connectivity index (χ3v) is 12.7. The topological polar surface area (TPSA) is 181 Å². The first-order valence-electron chi connectivity index (χ1n) is 18.9. The molecule has 5 heterocycles. The molecule has 0 aliphatic carbocycles. The second-order valence-corrected chi connectivity index (χ2v) is 16.6. The number of likely N-dealkylation sites (tertiary alicyclic amines) is 1. The van der Waals surface area contributed by atoms with Gasteiger partial charge in [-0.15, -0.1) is 0 Å². The van der Waals surface area contributed by atoms with Gasteiger partial charge in [0, 0.05) is 76.2 Å². The maximum absolute atomic E-state index is 13.1. The van der Waals surface area contributed by atoms with Gasteiger partial charge in [0.05, 0.1) is 36.3 Å². The van der Waals surface area contributed by atoms with Gasteiger partial charge in [0.15, 0.2) is 0 Å². The summed E-state index contributed by atoms with van der Waals surface area (Å²) in [5, 5.41) is 6.81. The lowest BCUT2D eigenvalue weighted by Crippen LogP contribution is -2.57. The Balaban J connectivity index is 0.845. The van der Waals surface area contributed by atoms with Crippen LogP contribution in [0.5, 0.6) is 11.5 Å². The minimum atomic E-state index is -3.49. The standard InChI is InChI=1S/C40H47N7O8S/c1-45-23-32(28-12-16-41-20-31(28)38(45)49)25-17-35(54-2)33(36(18-25)55-3)24-46-21-27(22-46)56(52,53)44-15-7-5-4-6-13-42-26-10-11-29-30(19-26)40(51)47(39(29)50)34-9-8-14-43-37(34)48/h10-12,16-20,23,27,34,42,44H,4-9,13-15,21-22,24H2,1-3H3,(H,43,48). The van der Waals surface area contributed by atoms with Gasteiger partial charge in [-0.05, 0) is 73.0 Å². The number of carbonyl (C=O) groups is 3. The third-order valence-electron chi connectivity index (χ3n) is 10.9. The minimum absolute atomic E-state index is 0.135. The monoisotopic (exact) mass is 785 g/mol. The molecule has 2 aromatic carbocycles. The number of sulfonamides is 1. The number of nitrogens with one attached hydrogen (secondary N) is 3. The van der Waals surface area contributed by atoms with Crippen molar-refractivity contribution < 1.29 is 32.3 Å². The number of methoxy groups -OCH3 is 2. The summed E-state index contributed by atoms with van der Waals surface area (Å²) in [7, 11) is 1.39. The molecule has 15 nitrogen and oxygen atoms in total. The molecule has 2 fully saturated rings. The lowest BCUT2D eigenvalue weighted by atomic mass is 9.98. The van der Waals surface area contributed by atoms with Crippen molar-refractivity contribution in [1.82, 2.24) is 29.4 Å². The van der Waals surface area contributed by atoms with Gasteiger partial charge in [0.25, 0.3) is 17.4 Å². The highest BCUT2D eigenvalue weighted by molar-refractivity contribution is 7.90. The Morgan fingerprint density at radius 2 is 1.59 bits per heavy atom. The summed E-state index contributed by atoms with van der Waals surface area (Å²) < 4.78 is 42.0. The molecule has 16 heteroatoms. The molecular formula is C40H47N7O8S. The normalized spacial score (nSPS) is 17.5. The van der Waals surface area contributed by atoms with Crippen LogP contribution in [0.2, 0.25) is 0 Å². The van der Waals surface area contributed by atoms with Gasteiger partial charge in [0.1, 0.15) is 22.8 Å². The van der Waals surface area contributed by atoms with Crippen LogP contribution in [-0.2, 0) is 28.4 Å². The zero-order valence-electron chi connectivity index (χ0n) is 31.8. The van der Waals surface area contributed by atoms with Crippen molar-refractivity contribution in [1.29, 1.82) is 0 Å². The molecule has 4 aromatic rings. The number of hydrogen-bond acceptors (Lipinski definition) is 11. The molecule has 3 aliphatic heterocycles. The maximum atomic E-state index is 13.1. The van der Waals surface area contributed by atoms with Crippen LogP contribution in [0.15, 0.2) is 59.8 Å². The van der Waals surface area contributed by atoms with Crippen molar-refractivity contribution in [2.45, 2.75) is 56.4 Å². The molecule has 0 radical (unpaired) electrons. The number of benzene rings is 2. The van der Waals surface area contributed by atoms with E-state index in [2.05, 4.69) is 20.3 Å². The number of aromatic nitrogens is 2. The summed E-state index contributed by atoms with van der Waals surface area (Å²) in [6, 6.07) is 9.94. The van der Waals surface area contributed by atoms with E-state index in [0.29, 0.717) is 86.5 Å². The Kier molecular flexibility index (Phi) is 11.4. The molecule has 2 aromatic heterocycles. The van der Waals surface area contributed by atoms with Gasteiger partial charge >= 0.3 is 0 Å². The molecule has 2 saturated heterocycles. The van der Waals surface area contributed by atoms with E-state index >= 15 is 0 Å². The predicted octanol–water partition coefficient (Wildman–Crippen LogP) is 3.27. The number of carbonyl (C=O) groups excluding carboxylic acids is 3. The van der Waals surface area contributed by atoms with Crippen LogP contribution in [0.1, 0.15) is 64.8 Å². The number of piperidine rings is 1. The third kappa shape index (κ3) is 7.73. The van der Waals surface area contributed by atoms with Crippen LogP contribution in [0.3, 0.4) is 0 Å². The van der Waals surface area contributed by atoms with Gasteiger partial charge in [0.2, 0.25) is 15.9 Å². The highest BCUT2D eigenvalue weighted by Gasteiger charge is 2.43. The number of ether oxygens (including phenoxy) is 2. The Morgan fingerprint density at radius 1 is 0.875 bits per heavy atom. The van der Waals surface area contributed by atoms with Gasteiger partial charge in [-0.2, -0.15) is 0 Å². The van der Waals surface area contributed by atoms with E-state index in [-0.39, 0.29) is 11.5 Å². The molecule has 3 N–H and O–H groups in total. The number of hydrogen-bond donors (Lipinski definition) is 3. The molecular weight excluding hydrogens is 739 g/mol. The number of anilines is 1. The van der Waals surface area contributed by atoms with Crippen LogP contribution in [-0.4, -0.2) is 104 Å². The molecule has 3 amide bonds. The van der Waals surface area contributed by atoms with Crippen LogP contribution in [0.25, 0.3) is 21.9 Å². The Bertz CT molecular complexity index is 2320. The van der Waals surface area contributed by atoms with Gasteiger partial charge in [-0.1, -0.05) is 12.8 Å². The zero-order chi connectivity index (χ0) is 39.6. The second kappa shape index (κ2) is 16.4. The quantitative estimate of drug-likeness (QED) is 0.112. The van der Waals surface area contributed by atoms with E-state index in [1.165, 1.54) is 4.57 Å². The number of unbranched alkanes of at least 4 members (excludes halogenated alkanes) is 3. The molecule has 1 atom stereocenters. The molecule has 1 unspecified atom stereocenters. The smallest absolute Gasteiger partial charge is 0.262 e. The van der Waals surface area contributed by atoms with Gasteiger partial charge < -0.3 is 24.7 Å². The van der Waals surface area contributed by atoms with E-state index in [4.69, 9.17) is 9.47 Å². The molecule has 296 valence electrons. The number of nitrogens with zero attached hydrogens (tertiary/aromatic N) is 4. The summed E-state index contributed by atoms with van der Waals surface area (Å²) in [6.07, 6.45) is 9.47. The molecule has 56 heavy (non-hydrogen) atoms. The Morgan fingerprint density at radius 3 is 2.30 bits per heavy atom. The van der Waals surface area contributed by atoms with Crippen LogP contribution < -0.4 is 30.4 Å². The van der Waals surface area contributed by atoms with Crippen molar-refractivity contribution in [3.63, 3.8) is 0 Å². The summed E-state index contributed by atoms with van der Waals surface area (Å²) >= 11 is 0. The van der Waals surface area contributed by atoms with E-state index in [0.717, 1.165) is 51.9 Å². The summed E-state index contributed by atoms with van der Waals surface area (Å²) in [5.74, 6) is 0.0433. The fourth-order valence-electron chi connectivity index (χ4n) is 7.73. The first kappa shape index (κ1) is 38.9. The summed E-state index contributed by atoms with van der Waals surface area (Å²) in [4.78, 5) is 58.3. The predicted molar refractivity (Wildman–Crippen MR) is 211 cm³/mol. The molecule has 0 saturated carbocycles. The average Bonchev–Trinajstić information content (AvgIpc) is 3.43. The lowest BCUT2D eigenvalue weighted by Gasteiger charge is -2.39. The maximum Gasteiger partial charge on any atom is 0.262 e. The number of rotatable bonds is 16. The van der Waals surface area contributed by atoms with Crippen molar-refractivity contribution in [3.05, 3.63) is 82.0 Å². The molecule has 0 spiro atoms. The number of fused-ring (bicyclic) bond motifs is 2. The van der Waals surface area contributed by atoms with Crippen LogP contribution in [0.4, 0.5) is 5.69 Å². The second-order valence-electron chi connectivity index (χ2n) is 14.5. The summed E-state index contributed by atoms with van der Waals surface area (Å²) in [6.45, 7) is 2.77. The Labute approximate surface area is 325 Å². The highest BCUT2D eigenvalue weighted by atomic mass is 32.2. The van der Waals surface area contributed by atoms with Crippen LogP contribution in [0, 0.1) is 0 Å². The first-order chi connectivity index (χ1) is 27.0. The van der Waals surface area contributed by atoms with Crippen molar-refractivity contribution in [2.24, 2.45) is 7.05 Å². The van der Waals surface area contributed by atoms with E-state index in [9.17, 15) is 27.6 Å². The number of pyridine rings is 2. The largest absolute Gasteiger partial charge is 0.496 e. The van der Waals surface area contributed by atoms with E-state index in [1.807, 2.05) is 23.1 Å². The molecule has 3 aliphatic rings. The zero-order valence-corrected chi connectivity index (χ0v) is 32.6. The van der Waals surface area contributed by atoms with Crippen molar-refractivity contribution in [2.75, 3.05) is 52.3 Å². The number of amides is 3. The van der Waals surface area contributed by atoms with Crippen molar-refractivity contribution in [3.8, 4) is 22.6 Å².